The van der Waals surface area contributed by atoms with Gasteiger partial charge in [-0.1, -0.05) is 26.2 Å². The van der Waals surface area contributed by atoms with E-state index in [9.17, 15) is 4.79 Å². The Morgan fingerprint density at radius 3 is 2.40 bits per heavy atom. The van der Waals surface area contributed by atoms with Crippen molar-refractivity contribution < 1.29 is 4.79 Å². The third-order valence-electron chi connectivity index (χ3n) is 5.29. The van der Waals surface area contributed by atoms with Crippen LogP contribution in [0.15, 0.2) is 0 Å². The Bertz CT molecular complexity index is 315. The standard InChI is InChI=1S/C16H30N2OS/c1-3-6-15(9-11-17-12-10-15)14(19)18-13-16(20-2)7-4-5-8-16/h17H,3-13H2,1-2H3,(H,18,19). The molecule has 0 unspecified atom stereocenters. The molecule has 4 heteroatoms. The summed E-state index contributed by atoms with van der Waals surface area (Å²) in [6.45, 7) is 5.03. The van der Waals surface area contributed by atoms with Crippen LogP contribution in [-0.4, -0.2) is 36.5 Å². The summed E-state index contributed by atoms with van der Waals surface area (Å²) in [5, 5.41) is 6.71. The number of piperidine rings is 1. The summed E-state index contributed by atoms with van der Waals surface area (Å²) in [7, 11) is 0. The normalized spacial score (nSPS) is 24.5. The van der Waals surface area contributed by atoms with Crippen molar-refractivity contribution in [1.29, 1.82) is 0 Å². The molecule has 0 aromatic rings. The SMILES string of the molecule is CCCC1(C(=O)NCC2(SC)CCCC2)CCNCC1. The van der Waals surface area contributed by atoms with E-state index in [1.807, 2.05) is 11.8 Å². The molecule has 20 heavy (non-hydrogen) atoms. The Hall–Kier alpha value is -0.220. The van der Waals surface area contributed by atoms with Gasteiger partial charge in [0, 0.05) is 11.3 Å². The first-order chi connectivity index (χ1) is 9.66. The molecule has 0 aromatic carbocycles. The van der Waals surface area contributed by atoms with Crippen LogP contribution < -0.4 is 10.6 Å². The molecule has 2 N–H and O–H groups in total. The molecule has 3 nitrogen and oxygen atoms in total. The molecule has 1 saturated heterocycles. The minimum atomic E-state index is -0.0990. The molecular formula is C16H30N2OS. The second-order valence-electron chi connectivity index (χ2n) is 6.56. The number of carbonyl (C=O) groups is 1. The van der Waals surface area contributed by atoms with Crippen molar-refractivity contribution in [1.82, 2.24) is 10.6 Å². The largest absolute Gasteiger partial charge is 0.354 e. The number of hydrogen-bond acceptors (Lipinski definition) is 3. The van der Waals surface area contributed by atoms with Gasteiger partial charge in [0.05, 0.1) is 5.41 Å². The molecule has 2 rings (SSSR count). The van der Waals surface area contributed by atoms with Crippen molar-refractivity contribution in [2.75, 3.05) is 25.9 Å². The van der Waals surface area contributed by atoms with E-state index >= 15 is 0 Å². The Morgan fingerprint density at radius 2 is 1.85 bits per heavy atom. The quantitative estimate of drug-likeness (QED) is 0.792. The molecule has 0 aromatic heterocycles. The van der Waals surface area contributed by atoms with Gasteiger partial charge in [0.25, 0.3) is 0 Å². The highest BCUT2D eigenvalue weighted by atomic mass is 32.2. The van der Waals surface area contributed by atoms with Crippen LogP contribution in [0.3, 0.4) is 0 Å². The monoisotopic (exact) mass is 298 g/mol. The average molecular weight is 298 g/mol. The van der Waals surface area contributed by atoms with Gasteiger partial charge >= 0.3 is 0 Å². The van der Waals surface area contributed by atoms with Crippen molar-refractivity contribution in [3.63, 3.8) is 0 Å². The second kappa shape index (κ2) is 7.17. The summed E-state index contributed by atoms with van der Waals surface area (Å²) >= 11 is 1.95. The molecule has 0 radical (unpaired) electrons. The lowest BCUT2D eigenvalue weighted by Crippen LogP contribution is -2.50. The van der Waals surface area contributed by atoms with Crippen molar-refractivity contribution in [3.05, 3.63) is 0 Å². The maximum absolute atomic E-state index is 12.8. The zero-order valence-electron chi connectivity index (χ0n) is 13.1. The van der Waals surface area contributed by atoms with E-state index in [4.69, 9.17) is 0 Å². The Morgan fingerprint density at radius 1 is 1.20 bits per heavy atom. The lowest BCUT2D eigenvalue weighted by molar-refractivity contribution is -0.133. The molecule has 1 amide bonds. The first kappa shape index (κ1) is 16.2. The summed E-state index contributed by atoms with van der Waals surface area (Å²) in [5.41, 5.74) is -0.0990. The van der Waals surface area contributed by atoms with Crippen LogP contribution in [0.4, 0.5) is 0 Å². The summed E-state index contributed by atoms with van der Waals surface area (Å²) in [5.74, 6) is 0.321. The molecule has 1 aliphatic carbocycles. The van der Waals surface area contributed by atoms with Crippen LogP contribution in [0.1, 0.15) is 58.3 Å². The van der Waals surface area contributed by atoms with Crippen LogP contribution in [0.5, 0.6) is 0 Å². The van der Waals surface area contributed by atoms with Gasteiger partial charge in [-0.15, -0.1) is 0 Å². The van der Waals surface area contributed by atoms with Gasteiger partial charge in [0.15, 0.2) is 0 Å². The highest BCUT2D eigenvalue weighted by molar-refractivity contribution is 8.00. The average Bonchev–Trinajstić information content (AvgIpc) is 2.95. The van der Waals surface area contributed by atoms with Crippen LogP contribution in [0.25, 0.3) is 0 Å². The van der Waals surface area contributed by atoms with Gasteiger partial charge < -0.3 is 10.6 Å². The molecule has 0 bridgehead atoms. The number of nitrogens with one attached hydrogen (secondary N) is 2. The molecule has 2 fully saturated rings. The van der Waals surface area contributed by atoms with E-state index in [0.29, 0.717) is 10.7 Å². The van der Waals surface area contributed by atoms with Gasteiger partial charge in [-0.25, -0.2) is 0 Å². The van der Waals surface area contributed by atoms with Crippen molar-refractivity contribution in [2.24, 2.45) is 5.41 Å². The highest BCUT2D eigenvalue weighted by Gasteiger charge is 2.40. The molecular weight excluding hydrogens is 268 g/mol. The zero-order valence-corrected chi connectivity index (χ0v) is 13.9. The fraction of sp³-hybridized carbons (Fsp3) is 0.938. The lowest BCUT2D eigenvalue weighted by Gasteiger charge is -2.37. The van der Waals surface area contributed by atoms with Gasteiger partial charge in [0.2, 0.25) is 5.91 Å². The number of thioether (sulfide) groups is 1. The van der Waals surface area contributed by atoms with Crippen LogP contribution >= 0.6 is 11.8 Å². The minimum absolute atomic E-state index is 0.0990. The third-order valence-corrected chi connectivity index (χ3v) is 6.71. The van der Waals surface area contributed by atoms with E-state index in [-0.39, 0.29) is 5.41 Å². The fourth-order valence-electron chi connectivity index (χ4n) is 3.88. The smallest absolute Gasteiger partial charge is 0.226 e. The first-order valence-electron chi connectivity index (χ1n) is 8.21. The summed E-state index contributed by atoms with van der Waals surface area (Å²) < 4.78 is 0.315. The fourth-order valence-corrected chi connectivity index (χ4v) is 4.79. The highest BCUT2D eigenvalue weighted by Crippen LogP contribution is 2.40. The molecule has 116 valence electrons. The Labute approximate surface area is 128 Å². The van der Waals surface area contributed by atoms with Gasteiger partial charge in [-0.2, -0.15) is 11.8 Å². The third kappa shape index (κ3) is 3.51. The summed E-state index contributed by atoms with van der Waals surface area (Å²) in [4.78, 5) is 12.8. The molecule has 0 spiro atoms. The van der Waals surface area contributed by atoms with Crippen LogP contribution in [0.2, 0.25) is 0 Å². The molecule has 1 aliphatic heterocycles. The minimum Gasteiger partial charge on any atom is -0.354 e. The van der Waals surface area contributed by atoms with Gasteiger partial charge in [0.1, 0.15) is 0 Å². The predicted octanol–water partition coefficient (Wildman–Crippen LogP) is 2.95. The van der Waals surface area contributed by atoms with E-state index in [1.54, 1.807) is 0 Å². The van der Waals surface area contributed by atoms with E-state index in [0.717, 1.165) is 45.3 Å². The number of rotatable bonds is 6. The van der Waals surface area contributed by atoms with E-state index in [2.05, 4.69) is 23.8 Å². The lowest BCUT2D eigenvalue weighted by atomic mass is 9.74. The zero-order chi connectivity index (χ0) is 14.5. The van der Waals surface area contributed by atoms with Gasteiger partial charge in [-0.05, 0) is 51.4 Å². The van der Waals surface area contributed by atoms with E-state index in [1.165, 1.54) is 25.7 Å². The number of carbonyl (C=O) groups excluding carboxylic acids is 1. The predicted molar refractivity (Wildman–Crippen MR) is 87.2 cm³/mol. The number of amides is 1. The second-order valence-corrected chi connectivity index (χ2v) is 7.83. The maximum Gasteiger partial charge on any atom is 0.226 e. The van der Waals surface area contributed by atoms with Crippen molar-refractivity contribution in [3.8, 4) is 0 Å². The summed E-state index contributed by atoms with van der Waals surface area (Å²) in [6.07, 6.45) is 11.5. The summed E-state index contributed by atoms with van der Waals surface area (Å²) in [6, 6.07) is 0. The van der Waals surface area contributed by atoms with Gasteiger partial charge in [-0.3, -0.25) is 4.79 Å². The Kier molecular flexibility index (Phi) is 5.79. The maximum atomic E-state index is 12.8. The Balaban J connectivity index is 1.94. The molecule has 0 atom stereocenters. The molecule has 2 aliphatic rings. The van der Waals surface area contributed by atoms with E-state index < -0.39 is 0 Å². The van der Waals surface area contributed by atoms with Crippen molar-refractivity contribution in [2.45, 2.75) is 63.0 Å². The molecule has 1 saturated carbocycles. The molecule has 1 heterocycles. The first-order valence-corrected chi connectivity index (χ1v) is 9.43. The van der Waals surface area contributed by atoms with Crippen molar-refractivity contribution >= 4 is 17.7 Å². The van der Waals surface area contributed by atoms with Crippen LogP contribution in [0, 0.1) is 5.41 Å². The number of hydrogen-bond donors (Lipinski definition) is 2. The van der Waals surface area contributed by atoms with Crippen LogP contribution in [-0.2, 0) is 4.79 Å². The topological polar surface area (TPSA) is 41.1 Å².